The maximum atomic E-state index is 12.9. The van der Waals surface area contributed by atoms with Gasteiger partial charge in [0.05, 0.1) is 0 Å². The average Bonchev–Trinajstić information content (AvgIpc) is 3.41. The summed E-state index contributed by atoms with van der Waals surface area (Å²) in [4.78, 5) is 38.1. The van der Waals surface area contributed by atoms with Gasteiger partial charge in [-0.1, -0.05) is 286 Å². The van der Waals surface area contributed by atoms with E-state index in [1.165, 1.54) is 173 Å². The first-order chi connectivity index (χ1) is 37.0. The number of carbonyl (C=O) groups is 3. The first kappa shape index (κ1) is 71.6. The summed E-state index contributed by atoms with van der Waals surface area (Å²) < 4.78 is 16.9. The molecule has 0 heterocycles. The zero-order valence-electron chi connectivity index (χ0n) is 49.6. The van der Waals surface area contributed by atoms with Crippen LogP contribution in [-0.2, 0) is 28.6 Å². The lowest BCUT2D eigenvalue weighted by atomic mass is 10.0. The lowest BCUT2D eigenvalue weighted by molar-refractivity contribution is -0.167. The molecule has 0 bridgehead atoms. The van der Waals surface area contributed by atoms with Crippen molar-refractivity contribution in [1.82, 2.24) is 0 Å². The van der Waals surface area contributed by atoms with E-state index >= 15 is 0 Å². The van der Waals surface area contributed by atoms with Gasteiger partial charge in [-0.25, -0.2) is 0 Å². The maximum Gasteiger partial charge on any atom is 0.306 e. The maximum absolute atomic E-state index is 12.9. The van der Waals surface area contributed by atoms with Gasteiger partial charge >= 0.3 is 17.9 Å². The van der Waals surface area contributed by atoms with Gasteiger partial charge in [-0.05, 0) is 96.3 Å². The van der Waals surface area contributed by atoms with E-state index in [9.17, 15) is 14.4 Å². The van der Waals surface area contributed by atoms with E-state index < -0.39 is 6.10 Å². The van der Waals surface area contributed by atoms with Gasteiger partial charge in [0, 0.05) is 19.3 Å². The highest BCUT2D eigenvalue weighted by atomic mass is 16.6. The van der Waals surface area contributed by atoms with Crippen molar-refractivity contribution in [3.63, 3.8) is 0 Å². The van der Waals surface area contributed by atoms with Crippen LogP contribution in [0.15, 0.2) is 85.1 Å². The van der Waals surface area contributed by atoms with Crippen LogP contribution in [0.5, 0.6) is 0 Å². The molecular weight excluding hydrogens is 925 g/mol. The van der Waals surface area contributed by atoms with Gasteiger partial charge in [-0.3, -0.25) is 14.4 Å². The van der Waals surface area contributed by atoms with Crippen molar-refractivity contribution in [2.75, 3.05) is 13.2 Å². The third-order valence-electron chi connectivity index (χ3n) is 13.9. The summed E-state index contributed by atoms with van der Waals surface area (Å²) in [5.74, 6) is -0.874. The first-order valence-electron chi connectivity index (χ1n) is 32.1. The summed E-state index contributed by atoms with van der Waals surface area (Å²) in [7, 11) is 0. The Morgan fingerprint density at radius 1 is 0.280 bits per heavy atom. The zero-order valence-corrected chi connectivity index (χ0v) is 49.6. The fraction of sp³-hybridized carbons (Fsp3) is 0.754. The Labute approximate surface area is 465 Å². The van der Waals surface area contributed by atoms with Crippen LogP contribution in [0.1, 0.15) is 316 Å². The first-order valence-corrected chi connectivity index (χ1v) is 32.1. The molecule has 0 saturated carbocycles. The number of allylic oxidation sites excluding steroid dienone is 14. The van der Waals surface area contributed by atoms with E-state index in [4.69, 9.17) is 14.2 Å². The molecule has 75 heavy (non-hydrogen) atoms. The van der Waals surface area contributed by atoms with Crippen molar-refractivity contribution < 1.29 is 28.6 Å². The second-order valence-electron chi connectivity index (χ2n) is 21.3. The molecule has 0 aliphatic rings. The fourth-order valence-corrected chi connectivity index (χ4v) is 9.09. The van der Waals surface area contributed by atoms with Gasteiger partial charge in [-0.2, -0.15) is 0 Å². The van der Waals surface area contributed by atoms with Crippen molar-refractivity contribution in [2.45, 2.75) is 322 Å². The number of hydrogen-bond donors (Lipinski definition) is 0. The molecule has 0 saturated heterocycles. The molecule has 1 atom stereocenters. The molecule has 0 aromatic rings. The van der Waals surface area contributed by atoms with E-state index in [1.807, 2.05) is 0 Å². The third-order valence-corrected chi connectivity index (χ3v) is 13.9. The molecule has 0 radical (unpaired) electrons. The molecule has 6 nitrogen and oxygen atoms in total. The topological polar surface area (TPSA) is 78.9 Å². The molecule has 0 N–H and O–H groups in total. The monoisotopic (exact) mass is 1040 g/mol. The summed E-state index contributed by atoms with van der Waals surface area (Å²) in [6.07, 6.45) is 83.2. The normalized spacial score (nSPS) is 12.6. The van der Waals surface area contributed by atoms with Crippen molar-refractivity contribution in [3.05, 3.63) is 85.1 Å². The molecule has 0 aromatic carbocycles. The minimum atomic E-state index is -0.777. The van der Waals surface area contributed by atoms with Crippen LogP contribution < -0.4 is 0 Å². The van der Waals surface area contributed by atoms with Gasteiger partial charge in [0.15, 0.2) is 6.10 Å². The quantitative estimate of drug-likeness (QED) is 0.0261. The SMILES string of the molecule is CC/C=C\C/C=C\C/C=C\C/C=C\C/C=C\CCCCCCCCCCCCCCCCCC(=O)OCC(COC(=O)CCCCCCCCCCC)OC(=O)CCCCCCCCC/C=C\C/C=C\CCCCC. The van der Waals surface area contributed by atoms with Gasteiger partial charge in [0.1, 0.15) is 13.2 Å². The molecule has 0 aliphatic heterocycles. The number of rotatable bonds is 58. The number of carbonyl (C=O) groups excluding carboxylic acids is 3. The van der Waals surface area contributed by atoms with Crippen LogP contribution in [0.4, 0.5) is 0 Å². The number of esters is 3. The Kier molecular flexibility index (Phi) is 60.3. The minimum absolute atomic E-state index is 0.0757. The highest BCUT2D eigenvalue weighted by Crippen LogP contribution is 2.17. The van der Waals surface area contributed by atoms with Gasteiger partial charge in [-0.15, -0.1) is 0 Å². The van der Waals surface area contributed by atoms with Crippen LogP contribution in [0.2, 0.25) is 0 Å². The van der Waals surface area contributed by atoms with Crippen molar-refractivity contribution >= 4 is 17.9 Å². The summed E-state index contributed by atoms with van der Waals surface area (Å²) in [6, 6.07) is 0. The number of hydrogen-bond acceptors (Lipinski definition) is 6. The summed E-state index contributed by atoms with van der Waals surface area (Å²) in [5, 5.41) is 0. The molecule has 0 fully saturated rings. The number of ether oxygens (including phenoxy) is 3. The largest absolute Gasteiger partial charge is 0.462 e. The van der Waals surface area contributed by atoms with Crippen molar-refractivity contribution in [3.8, 4) is 0 Å². The van der Waals surface area contributed by atoms with E-state index in [0.29, 0.717) is 19.3 Å². The van der Waals surface area contributed by atoms with Gasteiger partial charge in [0.25, 0.3) is 0 Å². The summed E-state index contributed by atoms with van der Waals surface area (Å²) >= 11 is 0. The van der Waals surface area contributed by atoms with Gasteiger partial charge < -0.3 is 14.2 Å². The van der Waals surface area contributed by atoms with Crippen LogP contribution >= 0.6 is 0 Å². The molecular formula is C69H120O6. The lowest BCUT2D eigenvalue weighted by Gasteiger charge is -2.18. The molecule has 1 unspecified atom stereocenters. The molecule has 0 aliphatic carbocycles. The Morgan fingerprint density at radius 3 is 0.840 bits per heavy atom. The Balaban J connectivity index is 4.13. The third kappa shape index (κ3) is 61.3. The van der Waals surface area contributed by atoms with E-state index in [0.717, 1.165) is 103 Å². The molecule has 0 spiro atoms. The molecule has 0 rings (SSSR count). The Morgan fingerprint density at radius 2 is 0.520 bits per heavy atom. The highest BCUT2D eigenvalue weighted by Gasteiger charge is 2.19. The Bertz CT molecular complexity index is 1430. The standard InChI is InChI=1S/C69H120O6/c1-4-7-10-13-16-19-21-23-25-27-28-29-30-31-32-33-34-35-36-37-38-39-40-42-43-45-47-50-53-56-59-62-68(71)74-65-66(64-73-67(70)61-58-55-52-49-18-15-12-9-6-3)75-69(72)63-60-57-54-51-48-46-44-41-26-24-22-20-17-14-11-8-5-2/h7,10,16-17,19-20,23-26,28-29,31-32,66H,4-6,8-9,11-15,18,21-22,27,30,33-65H2,1-3H3/b10-7-,19-16-,20-17-,25-23-,26-24-,29-28-,32-31-. The second kappa shape index (κ2) is 63.1. The molecule has 432 valence electrons. The predicted octanol–water partition coefficient (Wildman–Crippen LogP) is 21.9. The van der Waals surface area contributed by atoms with Crippen molar-refractivity contribution in [2.24, 2.45) is 0 Å². The van der Waals surface area contributed by atoms with E-state index in [2.05, 4.69) is 106 Å². The van der Waals surface area contributed by atoms with Crippen LogP contribution in [0.3, 0.4) is 0 Å². The smallest absolute Gasteiger partial charge is 0.306 e. The Hall–Kier alpha value is -3.41. The van der Waals surface area contributed by atoms with Gasteiger partial charge in [0.2, 0.25) is 0 Å². The zero-order chi connectivity index (χ0) is 54.3. The average molecular weight is 1050 g/mol. The minimum Gasteiger partial charge on any atom is -0.462 e. The molecule has 6 heteroatoms. The van der Waals surface area contributed by atoms with Crippen molar-refractivity contribution in [1.29, 1.82) is 0 Å². The van der Waals surface area contributed by atoms with Crippen LogP contribution in [0, 0.1) is 0 Å². The summed E-state index contributed by atoms with van der Waals surface area (Å²) in [5.41, 5.74) is 0. The fourth-order valence-electron chi connectivity index (χ4n) is 9.09. The van der Waals surface area contributed by atoms with E-state index in [-0.39, 0.29) is 31.1 Å². The van der Waals surface area contributed by atoms with Crippen LogP contribution in [0.25, 0.3) is 0 Å². The molecule has 0 amide bonds. The summed E-state index contributed by atoms with van der Waals surface area (Å²) in [6.45, 7) is 6.50. The number of unbranched alkanes of at least 4 members (excludes halogenated alkanes) is 33. The van der Waals surface area contributed by atoms with E-state index in [1.54, 1.807) is 0 Å². The molecule has 0 aromatic heterocycles. The predicted molar refractivity (Wildman–Crippen MR) is 325 cm³/mol. The highest BCUT2D eigenvalue weighted by molar-refractivity contribution is 5.71. The second-order valence-corrected chi connectivity index (χ2v) is 21.3. The lowest BCUT2D eigenvalue weighted by Crippen LogP contribution is -2.30. The van der Waals surface area contributed by atoms with Crippen LogP contribution in [-0.4, -0.2) is 37.2 Å².